The van der Waals surface area contributed by atoms with Crippen LogP contribution in [0.2, 0.25) is 0 Å². The fourth-order valence-electron chi connectivity index (χ4n) is 1.44. The van der Waals surface area contributed by atoms with Gasteiger partial charge in [0.15, 0.2) is 0 Å². The summed E-state index contributed by atoms with van der Waals surface area (Å²) in [6.45, 7) is 4.60. The summed E-state index contributed by atoms with van der Waals surface area (Å²) in [7, 11) is 0. The quantitative estimate of drug-likeness (QED) is 0.771. The predicted molar refractivity (Wildman–Crippen MR) is 70.9 cm³/mol. The van der Waals surface area contributed by atoms with Crippen molar-refractivity contribution < 1.29 is 4.79 Å². The maximum Gasteiger partial charge on any atom is 0.234 e. The Kier molecular flexibility index (Phi) is 5.35. The SMILES string of the molecule is Cc1cccc(C)c1NC(=O)CSCCN. The van der Waals surface area contributed by atoms with E-state index in [0.29, 0.717) is 12.3 Å². The van der Waals surface area contributed by atoms with Crippen LogP contribution in [-0.4, -0.2) is 24.0 Å². The highest BCUT2D eigenvalue weighted by Gasteiger charge is 2.06. The molecule has 0 unspecified atom stereocenters. The van der Waals surface area contributed by atoms with Crippen LogP contribution in [0.3, 0.4) is 0 Å². The fourth-order valence-corrected chi connectivity index (χ4v) is 2.00. The van der Waals surface area contributed by atoms with Crippen molar-refractivity contribution in [1.29, 1.82) is 0 Å². The normalized spacial score (nSPS) is 10.2. The summed E-state index contributed by atoms with van der Waals surface area (Å²) >= 11 is 1.56. The molecule has 3 nitrogen and oxygen atoms in total. The Morgan fingerprint density at radius 2 is 2.00 bits per heavy atom. The van der Waals surface area contributed by atoms with E-state index in [1.54, 1.807) is 11.8 Å². The van der Waals surface area contributed by atoms with Gasteiger partial charge in [0.25, 0.3) is 0 Å². The smallest absolute Gasteiger partial charge is 0.234 e. The maximum absolute atomic E-state index is 11.6. The molecule has 4 heteroatoms. The molecule has 0 atom stereocenters. The van der Waals surface area contributed by atoms with Gasteiger partial charge in [-0.1, -0.05) is 18.2 Å². The van der Waals surface area contributed by atoms with E-state index in [4.69, 9.17) is 5.73 Å². The molecule has 88 valence electrons. The summed E-state index contributed by atoms with van der Waals surface area (Å²) < 4.78 is 0. The molecule has 0 fully saturated rings. The van der Waals surface area contributed by atoms with E-state index < -0.39 is 0 Å². The Morgan fingerprint density at radius 1 is 1.38 bits per heavy atom. The average molecular weight is 238 g/mol. The molecule has 0 bridgehead atoms. The minimum Gasteiger partial charge on any atom is -0.330 e. The first kappa shape index (κ1) is 13.1. The number of rotatable bonds is 5. The van der Waals surface area contributed by atoms with E-state index in [-0.39, 0.29) is 5.91 Å². The summed E-state index contributed by atoms with van der Waals surface area (Å²) in [5.41, 5.74) is 8.48. The van der Waals surface area contributed by atoms with Crippen molar-refractivity contribution in [3.8, 4) is 0 Å². The van der Waals surface area contributed by atoms with Crippen molar-refractivity contribution in [2.24, 2.45) is 5.73 Å². The lowest BCUT2D eigenvalue weighted by atomic mass is 10.1. The van der Waals surface area contributed by atoms with Gasteiger partial charge in [0.05, 0.1) is 5.75 Å². The molecule has 0 spiro atoms. The number of hydrogen-bond donors (Lipinski definition) is 2. The molecule has 1 rings (SSSR count). The Balaban J connectivity index is 2.56. The van der Waals surface area contributed by atoms with Gasteiger partial charge in [-0.15, -0.1) is 0 Å². The van der Waals surface area contributed by atoms with Crippen LogP contribution in [0.4, 0.5) is 5.69 Å². The van der Waals surface area contributed by atoms with Gasteiger partial charge in [0.1, 0.15) is 0 Å². The molecule has 0 aromatic heterocycles. The predicted octanol–water partition coefficient (Wildman–Crippen LogP) is 1.93. The molecular weight excluding hydrogens is 220 g/mol. The van der Waals surface area contributed by atoms with E-state index in [1.807, 2.05) is 32.0 Å². The molecule has 0 heterocycles. The highest BCUT2D eigenvalue weighted by molar-refractivity contribution is 7.99. The number of para-hydroxylation sites is 1. The van der Waals surface area contributed by atoms with Gasteiger partial charge in [-0.25, -0.2) is 0 Å². The van der Waals surface area contributed by atoms with E-state index in [0.717, 1.165) is 22.6 Å². The summed E-state index contributed by atoms with van der Waals surface area (Å²) in [6.07, 6.45) is 0. The number of carbonyl (C=O) groups is 1. The van der Waals surface area contributed by atoms with Crippen LogP contribution in [0.25, 0.3) is 0 Å². The second kappa shape index (κ2) is 6.55. The zero-order valence-electron chi connectivity index (χ0n) is 9.75. The third kappa shape index (κ3) is 3.87. The number of benzene rings is 1. The number of nitrogens with two attached hydrogens (primary N) is 1. The fraction of sp³-hybridized carbons (Fsp3) is 0.417. The van der Waals surface area contributed by atoms with Crippen LogP contribution >= 0.6 is 11.8 Å². The minimum atomic E-state index is 0.0378. The largest absolute Gasteiger partial charge is 0.330 e. The molecule has 0 aliphatic rings. The number of nitrogens with one attached hydrogen (secondary N) is 1. The van der Waals surface area contributed by atoms with Crippen molar-refractivity contribution >= 4 is 23.4 Å². The molecule has 16 heavy (non-hydrogen) atoms. The van der Waals surface area contributed by atoms with Crippen molar-refractivity contribution in [2.45, 2.75) is 13.8 Å². The molecule has 1 aromatic rings. The summed E-state index contributed by atoms with van der Waals surface area (Å²) in [5.74, 6) is 1.32. The van der Waals surface area contributed by atoms with Gasteiger partial charge in [-0.05, 0) is 25.0 Å². The van der Waals surface area contributed by atoms with Crippen LogP contribution in [0.1, 0.15) is 11.1 Å². The Labute approximate surface area is 101 Å². The minimum absolute atomic E-state index is 0.0378. The van der Waals surface area contributed by atoms with E-state index >= 15 is 0 Å². The van der Waals surface area contributed by atoms with Gasteiger partial charge in [-0.2, -0.15) is 11.8 Å². The Morgan fingerprint density at radius 3 is 2.56 bits per heavy atom. The van der Waals surface area contributed by atoms with Gasteiger partial charge in [-0.3, -0.25) is 4.79 Å². The molecule has 0 aliphatic heterocycles. The lowest BCUT2D eigenvalue weighted by Gasteiger charge is -2.11. The first-order valence-electron chi connectivity index (χ1n) is 5.29. The zero-order valence-corrected chi connectivity index (χ0v) is 10.6. The van der Waals surface area contributed by atoms with Crippen LogP contribution in [-0.2, 0) is 4.79 Å². The Bertz CT molecular complexity index is 346. The highest BCUT2D eigenvalue weighted by atomic mass is 32.2. The van der Waals surface area contributed by atoms with Crippen LogP contribution in [0.15, 0.2) is 18.2 Å². The maximum atomic E-state index is 11.6. The van der Waals surface area contributed by atoms with Gasteiger partial charge < -0.3 is 11.1 Å². The average Bonchev–Trinajstić information content (AvgIpc) is 2.24. The van der Waals surface area contributed by atoms with E-state index in [9.17, 15) is 4.79 Å². The molecular formula is C12H18N2OS. The molecule has 1 amide bonds. The zero-order chi connectivity index (χ0) is 12.0. The van der Waals surface area contributed by atoms with Gasteiger partial charge >= 0.3 is 0 Å². The third-order valence-electron chi connectivity index (χ3n) is 2.24. The van der Waals surface area contributed by atoms with Crippen LogP contribution < -0.4 is 11.1 Å². The highest BCUT2D eigenvalue weighted by Crippen LogP contribution is 2.19. The lowest BCUT2D eigenvalue weighted by molar-refractivity contribution is -0.113. The second-order valence-electron chi connectivity index (χ2n) is 3.66. The first-order chi connectivity index (χ1) is 7.65. The van der Waals surface area contributed by atoms with Crippen molar-refractivity contribution in [3.05, 3.63) is 29.3 Å². The van der Waals surface area contributed by atoms with E-state index in [2.05, 4.69) is 5.32 Å². The first-order valence-corrected chi connectivity index (χ1v) is 6.44. The van der Waals surface area contributed by atoms with Crippen LogP contribution in [0.5, 0.6) is 0 Å². The van der Waals surface area contributed by atoms with Crippen molar-refractivity contribution in [3.63, 3.8) is 0 Å². The topological polar surface area (TPSA) is 55.1 Å². The number of hydrogen-bond acceptors (Lipinski definition) is 3. The molecule has 1 aromatic carbocycles. The Hall–Kier alpha value is -1.000. The number of thioether (sulfide) groups is 1. The summed E-state index contributed by atoms with van der Waals surface area (Å²) in [4.78, 5) is 11.6. The van der Waals surface area contributed by atoms with Crippen LogP contribution in [0, 0.1) is 13.8 Å². The summed E-state index contributed by atoms with van der Waals surface area (Å²) in [6, 6.07) is 5.98. The molecule has 3 N–H and O–H groups in total. The standard InChI is InChI=1S/C12H18N2OS/c1-9-4-3-5-10(2)12(9)14-11(15)8-16-7-6-13/h3-5H,6-8,13H2,1-2H3,(H,14,15). The molecule has 0 aliphatic carbocycles. The van der Waals surface area contributed by atoms with Crippen molar-refractivity contribution in [1.82, 2.24) is 0 Å². The van der Waals surface area contributed by atoms with Gasteiger partial charge in [0.2, 0.25) is 5.91 Å². The number of aryl methyl sites for hydroxylation is 2. The van der Waals surface area contributed by atoms with E-state index in [1.165, 1.54) is 0 Å². The number of amides is 1. The molecule has 0 saturated carbocycles. The summed E-state index contributed by atoms with van der Waals surface area (Å²) in [5, 5.41) is 2.94. The van der Waals surface area contributed by atoms with Gasteiger partial charge in [0, 0.05) is 18.0 Å². The molecule has 0 radical (unpaired) electrons. The monoisotopic (exact) mass is 238 g/mol. The third-order valence-corrected chi connectivity index (χ3v) is 3.23. The second-order valence-corrected chi connectivity index (χ2v) is 4.76. The number of carbonyl (C=O) groups excluding carboxylic acids is 1. The lowest BCUT2D eigenvalue weighted by Crippen LogP contribution is -2.16. The molecule has 0 saturated heterocycles. The van der Waals surface area contributed by atoms with Crippen molar-refractivity contribution in [2.75, 3.05) is 23.4 Å². The number of anilines is 1.